The van der Waals surface area contributed by atoms with Gasteiger partial charge in [0, 0.05) is 13.1 Å². The van der Waals surface area contributed by atoms with Crippen molar-refractivity contribution in [1.29, 1.82) is 0 Å². The molecule has 0 unspecified atom stereocenters. The van der Waals surface area contributed by atoms with E-state index in [0.717, 1.165) is 32.0 Å². The number of hydrogen-bond donors (Lipinski definition) is 1. The SMILES string of the molecule is FC(F)(F)c1ccccc1Nc1cnnc(N2CCCCC2)n1. The van der Waals surface area contributed by atoms with Crippen molar-refractivity contribution in [3.05, 3.63) is 36.0 Å². The summed E-state index contributed by atoms with van der Waals surface area (Å²) in [5.41, 5.74) is -0.789. The molecular weight excluding hydrogens is 307 g/mol. The highest BCUT2D eigenvalue weighted by molar-refractivity contribution is 5.61. The third-order valence-electron chi connectivity index (χ3n) is 3.68. The molecule has 1 fully saturated rings. The molecule has 1 N–H and O–H groups in total. The van der Waals surface area contributed by atoms with E-state index in [9.17, 15) is 13.2 Å². The summed E-state index contributed by atoms with van der Waals surface area (Å²) in [4.78, 5) is 6.29. The van der Waals surface area contributed by atoms with Crippen LogP contribution in [0.2, 0.25) is 0 Å². The lowest BCUT2D eigenvalue weighted by atomic mass is 10.1. The first-order valence-electron chi connectivity index (χ1n) is 7.42. The van der Waals surface area contributed by atoms with Crippen LogP contribution in [0.15, 0.2) is 30.5 Å². The number of nitrogens with one attached hydrogen (secondary N) is 1. The zero-order chi connectivity index (χ0) is 16.3. The number of alkyl halides is 3. The first-order chi connectivity index (χ1) is 11.0. The first kappa shape index (κ1) is 15.5. The molecule has 1 aliphatic rings. The third-order valence-corrected chi connectivity index (χ3v) is 3.68. The number of para-hydroxylation sites is 1. The molecule has 0 amide bonds. The van der Waals surface area contributed by atoms with Gasteiger partial charge in [0.25, 0.3) is 0 Å². The van der Waals surface area contributed by atoms with Gasteiger partial charge in [0.05, 0.1) is 17.4 Å². The van der Waals surface area contributed by atoms with E-state index < -0.39 is 11.7 Å². The predicted molar refractivity (Wildman–Crippen MR) is 80.6 cm³/mol. The normalized spacial score (nSPS) is 15.5. The molecule has 0 atom stereocenters. The van der Waals surface area contributed by atoms with Crippen molar-refractivity contribution in [3.63, 3.8) is 0 Å². The maximum absolute atomic E-state index is 13.0. The standard InChI is InChI=1S/C15H16F3N5/c16-15(17,18)11-6-2-3-7-12(11)20-13-10-19-22-14(21-13)23-8-4-1-5-9-23/h2-3,6-7,10H,1,4-5,8-9H2,(H,20,21,22). The number of halogens is 3. The summed E-state index contributed by atoms with van der Waals surface area (Å²) in [6.07, 6.45) is 0.164. The van der Waals surface area contributed by atoms with Gasteiger partial charge in [-0.2, -0.15) is 23.3 Å². The maximum Gasteiger partial charge on any atom is 0.418 e. The summed E-state index contributed by atoms with van der Waals surface area (Å²) < 4.78 is 39.1. The molecule has 2 aromatic rings. The Hall–Kier alpha value is -2.38. The Bertz CT molecular complexity index is 668. The number of nitrogens with zero attached hydrogens (tertiary/aromatic N) is 4. The average molecular weight is 323 g/mol. The quantitative estimate of drug-likeness (QED) is 0.935. The molecule has 3 rings (SSSR count). The first-order valence-corrected chi connectivity index (χ1v) is 7.42. The van der Waals surface area contributed by atoms with Gasteiger partial charge in [-0.25, -0.2) is 0 Å². The fourth-order valence-electron chi connectivity index (χ4n) is 2.56. The molecule has 23 heavy (non-hydrogen) atoms. The van der Waals surface area contributed by atoms with E-state index in [0.29, 0.717) is 5.95 Å². The molecular formula is C15H16F3N5. The minimum atomic E-state index is -4.43. The number of hydrogen-bond acceptors (Lipinski definition) is 5. The van der Waals surface area contributed by atoms with E-state index in [1.54, 1.807) is 0 Å². The highest BCUT2D eigenvalue weighted by Crippen LogP contribution is 2.35. The Balaban J connectivity index is 1.84. The van der Waals surface area contributed by atoms with Gasteiger partial charge in [-0.05, 0) is 31.4 Å². The van der Waals surface area contributed by atoms with Crippen molar-refractivity contribution in [1.82, 2.24) is 15.2 Å². The van der Waals surface area contributed by atoms with Crippen LogP contribution < -0.4 is 10.2 Å². The zero-order valence-corrected chi connectivity index (χ0v) is 12.3. The van der Waals surface area contributed by atoms with Crippen LogP contribution in [0.3, 0.4) is 0 Å². The van der Waals surface area contributed by atoms with Gasteiger partial charge in [0.2, 0.25) is 5.95 Å². The van der Waals surface area contributed by atoms with Crippen LogP contribution >= 0.6 is 0 Å². The van der Waals surface area contributed by atoms with Crippen molar-refractivity contribution in [2.45, 2.75) is 25.4 Å². The summed E-state index contributed by atoms with van der Waals surface area (Å²) >= 11 is 0. The van der Waals surface area contributed by atoms with E-state index in [4.69, 9.17) is 0 Å². The van der Waals surface area contributed by atoms with Crippen molar-refractivity contribution >= 4 is 17.5 Å². The number of rotatable bonds is 3. The van der Waals surface area contributed by atoms with Crippen molar-refractivity contribution < 1.29 is 13.2 Å². The Morgan fingerprint density at radius 1 is 1.04 bits per heavy atom. The maximum atomic E-state index is 13.0. The Kier molecular flexibility index (Phi) is 4.31. The molecule has 5 nitrogen and oxygen atoms in total. The van der Waals surface area contributed by atoms with Crippen molar-refractivity contribution in [2.24, 2.45) is 0 Å². The molecule has 8 heteroatoms. The van der Waals surface area contributed by atoms with Gasteiger partial charge in [0.1, 0.15) is 0 Å². The fraction of sp³-hybridized carbons (Fsp3) is 0.400. The second kappa shape index (κ2) is 6.39. The highest BCUT2D eigenvalue weighted by Gasteiger charge is 2.33. The average Bonchev–Trinajstić information content (AvgIpc) is 2.55. The van der Waals surface area contributed by atoms with Crippen LogP contribution in [0, 0.1) is 0 Å². The number of aromatic nitrogens is 3. The molecule has 0 spiro atoms. The summed E-state index contributed by atoms with van der Waals surface area (Å²) in [5, 5.41) is 10.5. The summed E-state index contributed by atoms with van der Waals surface area (Å²) in [6.45, 7) is 1.68. The third kappa shape index (κ3) is 3.69. The Morgan fingerprint density at radius 3 is 2.52 bits per heavy atom. The largest absolute Gasteiger partial charge is 0.418 e. The number of benzene rings is 1. The molecule has 122 valence electrons. The van der Waals surface area contributed by atoms with E-state index >= 15 is 0 Å². The lowest BCUT2D eigenvalue weighted by Crippen LogP contribution is -2.31. The van der Waals surface area contributed by atoms with Crippen LogP contribution in [0.5, 0.6) is 0 Å². The molecule has 1 saturated heterocycles. The van der Waals surface area contributed by atoms with Gasteiger partial charge < -0.3 is 10.2 Å². The van der Waals surface area contributed by atoms with Gasteiger partial charge in [-0.3, -0.25) is 0 Å². The van der Waals surface area contributed by atoms with E-state index in [-0.39, 0.29) is 11.5 Å². The van der Waals surface area contributed by atoms with Crippen LogP contribution in [0.25, 0.3) is 0 Å². The van der Waals surface area contributed by atoms with Crippen LogP contribution in [0.1, 0.15) is 24.8 Å². The summed E-state index contributed by atoms with van der Waals surface area (Å²) in [6, 6.07) is 5.29. The van der Waals surface area contributed by atoms with Gasteiger partial charge in [-0.1, -0.05) is 12.1 Å². The summed E-state index contributed by atoms with van der Waals surface area (Å²) in [5.74, 6) is 0.691. The molecule has 1 aromatic heterocycles. The number of piperidine rings is 1. The van der Waals surface area contributed by atoms with E-state index in [2.05, 4.69) is 20.5 Å². The lowest BCUT2D eigenvalue weighted by Gasteiger charge is -2.26. The molecule has 2 heterocycles. The minimum Gasteiger partial charge on any atom is -0.339 e. The minimum absolute atomic E-state index is 0.0508. The van der Waals surface area contributed by atoms with Crippen LogP contribution in [-0.4, -0.2) is 28.3 Å². The number of anilines is 3. The van der Waals surface area contributed by atoms with Crippen molar-refractivity contribution in [2.75, 3.05) is 23.3 Å². The molecule has 0 radical (unpaired) electrons. The Labute approximate surface area is 131 Å². The molecule has 0 bridgehead atoms. The topological polar surface area (TPSA) is 53.9 Å². The van der Waals surface area contributed by atoms with Crippen LogP contribution in [0.4, 0.5) is 30.6 Å². The van der Waals surface area contributed by atoms with Gasteiger partial charge in [-0.15, -0.1) is 5.10 Å². The fourth-order valence-corrected chi connectivity index (χ4v) is 2.56. The van der Waals surface area contributed by atoms with Crippen molar-refractivity contribution in [3.8, 4) is 0 Å². The molecule has 1 aliphatic heterocycles. The highest BCUT2D eigenvalue weighted by atomic mass is 19.4. The van der Waals surface area contributed by atoms with Gasteiger partial charge >= 0.3 is 6.18 Å². The van der Waals surface area contributed by atoms with E-state index in [1.165, 1.54) is 30.8 Å². The second-order valence-electron chi connectivity index (χ2n) is 5.36. The Morgan fingerprint density at radius 2 is 1.78 bits per heavy atom. The summed E-state index contributed by atoms with van der Waals surface area (Å²) in [7, 11) is 0. The smallest absolute Gasteiger partial charge is 0.339 e. The molecule has 0 saturated carbocycles. The van der Waals surface area contributed by atoms with E-state index in [1.807, 2.05) is 4.90 Å². The van der Waals surface area contributed by atoms with Gasteiger partial charge in [0.15, 0.2) is 5.82 Å². The lowest BCUT2D eigenvalue weighted by molar-refractivity contribution is -0.136. The predicted octanol–water partition coefficient (Wildman–Crippen LogP) is 3.62. The zero-order valence-electron chi connectivity index (χ0n) is 12.3. The monoisotopic (exact) mass is 323 g/mol. The molecule has 0 aliphatic carbocycles. The van der Waals surface area contributed by atoms with Crippen LogP contribution in [-0.2, 0) is 6.18 Å². The molecule has 1 aromatic carbocycles. The second-order valence-corrected chi connectivity index (χ2v) is 5.36.